The van der Waals surface area contributed by atoms with Crippen molar-refractivity contribution < 1.29 is 18.8 Å². The molecule has 0 radical (unpaired) electrons. The van der Waals surface area contributed by atoms with E-state index in [0.29, 0.717) is 11.3 Å². The van der Waals surface area contributed by atoms with Gasteiger partial charge < -0.3 is 9.73 Å². The van der Waals surface area contributed by atoms with Gasteiger partial charge >= 0.3 is 0 Å². The first-order chi connectivity index (χ1) is 13.8. The molecule has 3 aromatic rings. The number of imide groups is 1. The molecule has 0 saturated carbocycles. The predicted octanol–water partition coefficient (Wildman–Crippen LogP) is 4.60. The maximum atomic E-state index is 12.8. The van der Waals surface area contributed by atoms with E-state index in [1.165, 1.54) is 19.1 Å². The number of nitrogens with one attached hydrogen (secondary N) is 1. The molecule has 2 unspecified atom stereocenters. The average molecular weight is 431 g/mol. The maximum absolute atomic E-state index is 12.8. The molecule has 2 heterocycles. The fourth-order valence-electron chi connectivity index (χ4n) is 3.34. The molecule has 2 atom stereocenters. The molecule has 8 heteroatoms. The molecular formula is C21H16Cl2N2O4. The van der Waals surface area contributed by atoms with Crippen LogP contribution in [0.1, 0.15) is 46.4 Å². The first-order valence-corrected chi connectivity index (χ1v) is 9.69. The van der Waals surface area contributed by atoms with Gasteiger partial charge in [-0.3, -0.25) is 19.3 Å². The van der Waals surface area contributed by atoms with Crippen molar-refractivity contribution in [1.29, 1.82) is 0 Å². The summed E-state index contributed by atoms with van der Waals surface area (Å²) in [6, 6.07) is 10.6. The van der Waals surface area contributed by atoms with Crippen LogP contribution in [0.25, 0.3) is 11.0 Å². The predicted molar refractivity (Wildman–Crippen MR) is 109 cm³/mol. The van der Waals surface area contributed by atoms with Gasteiger partial charge in [-0.1, -0.05) is 41.4 Å². The van der Waals surface area contributed by atoms with E-state index < -0.39 is 29.8 Å². The highest BCUT2D eigenvalue weighted by molar-refractivity contribution is 6.43. The van der Waals surface area contributed by atoms with Crippen molar-refractivity contribution in [3.63, 3.8) is 0 Å². The molecule has 1 aliphatic heterocycles. The SMILES string of the molecule is CC(NC(=O)C(C)N1C(=O)c2cc(Cl)c(Cl)cc2C1=O)c1cc2ccccc2o1. The third-order valence-corrected chi connectivity index (χ3v) is 5.68. The number of hydrogen-bond acceptors (Lipinski definition) is 4. The summed E-state index contributed by atoms with van der Waals surface area (Å²) < 4.78 is 5.76. The second-order valence-electron chi connectivity index (χ2n) is 6.89. The van der Waals surface area contributed by atoms with Gasteiger partial charge in [0.25, 0.3) is 11.8 Å². The Balaban J connectivity index is 1.53. The van der Waals surface area contributed by atoms with Crippen molar-refractivity contribution in [2.24, 2.45) is 0 Å². The molecule has 148 valence electrons. The Morgan fingerprint density at radius 1 is 1.00 bits per heavy atom. The summed E-state index contributed by atoms with van der Waals surface area (Å²) in [5.41, 5.74) is 0.981. The van der Waals surface area contributed by atoms with Crippen LogP contribution in [0.2, 0.25) is 10.0 Å². The van der Waals surface area contributed by atoms with Crippen molar-refractivity contribution in [1.82, 2.24) is 10.2 Å². The van der Waals surface area contributed by atoms with E-state index in [9.17, 15) is 14.4 Å². The van der Waals surface area contributed by atoms with Crippen LogP contribution in [-0.4, -0.2) is 28.7 Å². The maximum Gasteiger partial charge on any atom is 0.262 e. The average Bonchev–Trinajstić information content (AvgIpc) is 3.22. The number of carbonyl (C=O) groups is 3. The summed E-state index contributed by atoms with van der Waals surface area (Å²) in [5, 5.41) is 4.06. The zero-order valence-electron chi connectivity index (χ0n) is 15.5. The minimum Gasteiger partial charge on any atom is -0.459 e. The second kappa shape index (κ2) is 7.21. The molecule has 1 N–H and O–H groups in total. The molecule has 2 aromatic carbocycles. The molecule has 6 nitrogen and oxygen atoms in total. The van der Waals surface area contributed by atoms with Crippen molar-refractivity contribution in [3.8, 4) is 0 Å². The number of rotatable bonds is 4. The van der Waals surface area contributed by atoms with Gasteiger partial charge in [-0.15, -0.1) is 0 Å². The van der Waals surface area contributed by atoms with Gasteiger partial charge in [0.1, 0.15) is 17.4 Å². The molecule has 0 saturated heterocycles. The summed E-state index contributed by atoms with van der Waals surface area (Å²) in [4.78, 5) is 39.1. The van der Waals surface area contributed by atoms with Crippen molar-refractivity contribution >= 4 is 51.9 Å². The summed E-state index contributed by atoms with van der Waals surface area (Å²) >= 11 is 11.9. The second-order valence-corrected chi connectivity index (χ2v) is 7.70. The normalized spacial score (nSPS) is 15.5. The Kier molecular flexibility index (Phi) is 4.84. The Bertz CT molecular complexity index is 1100. The Morgan fingerprint density at radius 2 is 1.59 bits per heavy atom. The third-order valence-electron chi connectivity index (χ3n) is 4.96. The number of benzene rings is 2. The Hall–Kier alpha value is -2.83. The number of amides is 3. The molecule has 0 bridgehead atoms. The number of carbonyl (C=O) groups excluding carboxylic acids is 3. The summed E-state index contributed by atoms with van der Waals surface area (Å²) in [6.07, 6.45) is 0. The molecule has 29 heavy (non-hydrogen) atoms. The van der Waals surface area contributed by atoms with Crippen LogP contribution < -0.4 is 5.32 Å². The standard InChI is InChI=1S/C21H16Cl2N2O4/c1-10(18-7-12-5-3-4-6-17(12)29-18)24-19(26)11(2)25-20(27)13-8-15(22)16(23)9-14(13)21(25)28/h3-11H,1-2H3,(H,24,26). The minimum atomic E-state index is -1.02. The number of hydrogen-bond donors (Lipinski definition) is 1. The van der Waals surface area contributed by atoms with Crippen molar-refractivity contribution in [2.75, 3.05) is 0 Å². The third kappa shape index (κ3) is 3.28. The Morgan fingerprint density at radius 3 is 2.17 bits per heavy atom. The lowest BCUT2D eigenvalue weighted by molar-refractivity contribution is -0.125. The molecule has 0 fully saturated rings. The lowest BCUT2D eigenvalue weighted by Crippen LogP contribution is -2.48. The van der Waals surface area contributed by atoms with E-state index in [1.807, 2.05) is 30.3 Å². The van der Waals surface area contributed by atoms with E-state index in [0.717, 1.165) is 10.3 Å². The van der Waals surface area contributed by atoms with E-state index in [2.05, 4.69) is 5.32 Å². The van der Waals surface area contributed by atoms with Crippen LogP contribution in [0.5, 0.6) is 0 Å². The molecular weight excluding hydrogens is 415 g/mol. The number of halogens is 2. The number of furan rings is 1. The van der Waals surface area contributed by atoms with E-state index in [-0.39, 0.29) is 21.2 Å². The number of nitrogens with zero attached hydrogens (tertiary/aromatic N) is 1. The van der Waals surface area contributed by atoms with Gasteiger partial charge in [0.2, 0.25) is 5.91 Å². The quantitative estimate of drug-likeness (QED) is 0.613. The largest absolute Gasteiger partial charge is 0.459 e. The highest BCUT2D eigenvalue weighted by atomic mass is 35.5. The van der Waals surface area contributed by atoms with Gasteiger partial charge in [-0.05, 0) is 38.1 Å². The molecule has 1 aromatic heterocycles. The zero-order chi connectivity index (χ0) is 20.9. The molecule has 1 aliphatic rings. The number of para-hydroxylation sites is 1. The molecule has 0 aliphatic carbocycles. The fourth-order valence-corrected chi connectivity index (χ4v) is 3.67. The zero-order valence-corrected chi connectivity index (χ0v) is 17.0. The van der Waals surface area contributed by atoms with Gasteiger partial charge in [-0.2, -0.15) is 0 Å². The molecule has 4 rings (SSSR count). The fraction of sp³-hybridized carbons (Fsp3) is 0.190. The first-order valence-electron chi connectivity index (χ1n) is 8.93. The first kappa shape index (κ1) is 19.5. The van der Waals surface area contributed by atoms with Crippen LogP contribution in [0.3, 0.4) is 0 Å². The monoisotopic (exact) mass is 430 g/mol. The summed E-state index contributed by atoms with van der Waals surface area (Å²) in [5.74, 6) is -1.07. The van der Waals surface area contributed by atoms with Gasteiger partial charge in [0.05, 0.1) is 27.2 Å². The molecule has 0 spiro atoms. The van der Waals surface area contributed by atoms with Gasteiger partial charge in [0, 0.05) is 5.39 Å². The van der Waals surface area contributed by atoms with Crippen LogP contribution >= 0.6 is 23.2 Å². The highest BCUT2D eigenvalue weighted by Gasteiger charge is 2.41. The van der Waals surface area contributed by atoms with Crippen molar-refractivity contribution in [3.05, 3.63) is 69.4 Å². The van der Waals surface area contributed by atoms with E-state index in [4.69, 9.17) is 27.6 Å². The van der Waals surface area contributed by atoms with Crippen LogP contribution in [0.15, 0.2) is 46.9 Å². The summed E-state index contributed by atoms with van der Waals surface area (Å²) in [7, 11) is 0. The molecule has 3 amide bonds. The van der Waals surface area contributed by atoms with Gasteiger partial charge in [0.15, 0.2) is 0 Å². The lowest BCUT2D eigenvalue weighted by Gasteiger charge is -2.23. The van der Waals surface area contributed by atoms with Crippen molar-refractivity contribution in [2.45, 2.75) is 25.9 Å². The Labute approximate surface area is 176 Å². The smallest absolute Gasteiger partial charge is 0.262 e. The van der Waals surface area contributed by atoms with Gasteiger partial charge in [-0.25, -0.2) is 0 Å². The number of fused-ring (bicyclic) bond motifs is 2. The highest BCUT2D eigenvalue weighted by Crippen LogP contribution is 2.32. The van der Waals surface area contributed by atoms with Crippen LogP contribution in [0.4, 0.5) is 0 Å². The minimum absolute atomic E-state index is 0.134. The lowest BCUT2D eigenvalue weighted by atomic mass is 10.1. The topological polar surface area (TPSA) is 79.6 Å². The van der Waals surface area contributed by atoms with E-state index in [1.54, 1.807) is 6.92 Å². The van der Waals surface area contributed by atoms with Crippen LogP contribution in [-0.2, 0) is 4.79 Å². The van der Waals surface area contributed by atoms with Crippen LogP contribution in [0, 0.1) is 0 Å². The van der Waals surface area contributed by atoms with E-state index >= 15 is 0 Å². The summed E-state index contributed by atoms with van der Waals surface area (Å²) in [6.45, 7) is 3.26.